The van der Waals surface area contributed by atoms with Gasteiger partial charge >= 0.3 is 0 Å². The first-order valence-corrected chi connectivity index (χ1v) is 5.84. The zero-order valence-electron chi connectivity index (χ0n) is 9.58. The van der Waals surface area contributed by atoms with Crippen LogP contribution in [0.4, 0.5) is 0 Å². The van der Waals surface area contributed by atoms with Crippen LogP contribution in [0.15, 0.2) is 0 Å². The summed E-state index contributed by atoms with van der Waals surface area (Å²) in [5, 5.41) is 9.09. The maximum Gasteiger partial charge on any atom is 0.0986 e. The van der Waals surface area contributed by atoms with Crippen LogP contribution >= 0.6 is 0 Å². The second-order valence-electron chi connectivity index (χ2n) is 4.34. The molecule has 0 saturated heterocycles. The highest BCUT2D eigenvalue weighted by molar-refractivity contribution is 4.97. The van der Waals surface area contributed by atoms with Crippen LogP contribution < -0.4 is 0 Å². The first-order valence-electron chi connectivity index (χ1n) is 5.84. The molecule has 1 saturated carbocycles. The number of hydrogen-bond donors (Lipinski definition) is 0. The summed E-state index contributed by atoms with van der Waals surface area (Å²) in [6.07, 6.45) is 13.2. The molecule has 2 nitrogen and oxygen atoms in total. The fourth-order valence-corrected chi connectivity index (χ4v) is 2.32. The number of nitriles is 1. The van der Waals surface area contributed by atoms with E-state index in [1.807, 2.05) is 0 Å². The van der Waals surface area contributed by atoms with Crippen molar-refractivity contribution in [2.45, 2.75) is 57.0 Å². The van der Waals surface area contributed by atoms with Crippen LogP contribution in [-0.2, 0) is 0 Å². The summed E-state index contributed by atoms with van der Waals surface area (Å²) in [5.41, 5.74) is 0. The van der Waals surface area contributed by atoms with E-state index in [1.165, 1.54) is 32.1 Å². The van der Waals surface area contributed by atoms with Gasteiger partial charge in [-0.3, -0.25) is 4.90 Å². The Hall–Kier alpha value is -0.990. The van der Waals surface area contributed by atoms with Crippen LogP contribution in [0, 0.1) is 23.7 Å². The summed E-state index contributed by atoms with van der Waals surface area (Å²) >= 11 is 0. The van der Waals surface area contributed by atoms with Crippen LogP contribution in [0.1, 0.15) is 44.9 Å². The Morgan fingerprint density at radius 1 is 1.40 bits per heavy atom. The lowest BCUT2D eigenvalue weighted by Crippen LogP contribution is -2.40. The lowest BCUT2D eigenvalue weighted by molar-refractivity contribution is 0.159. The van der Waals surface area contributed by atoms with Gasteiger partial charge in [0.15, 0.2) is 0 Å². The van der Waals surface area contributed by atoms with Crippen molar-refractivity contribution in [1.82, 2.24) is 4.90 Å². The molecule has 0 amide bonds. The molecular formula is C13H20N2. The molecule has 2 heteroatoms. The molecule has 1 aliphatic rings. The smallest absolute Gasteiger partial charge is 0.0986 e. The van der Waals surface area contributed by atoms with Gasteiger partial charge in [0.25, 0.3) is 0 Å². The maximum absolute atomic E-state index is 9.09. The van der Waals surface area contributed by atoms with Gasteiger partial charge in [-0.05, 0) is 26.3 Å². The van der Waals surface area contributed by atoms with Gasteiger partial charge in [0.2, 0.25) is 0 Å². The Morgan fingerprint density at radius 3 is 2.60 bits per heavy atom. The van der Waals surface area contributed by atoms with E-state index >= 15 is 0 Å². The molecule has 1 unspecified atom stereocenters. The SMILES string of the molecule is C#CCCC(C#N)N(C)C1CCCCC1. The van der Waals surface area contributed by atoms with Crippen LogP contribution in [-0.4, -0.2) is 24.0 Å². The summed E-state index contributed by atoms with van der Waals surface area (Å²) < 4.78 is 0. The Balaban J connectivity index is 2.44. The standard InChI is InChI=1S/C13H20N2/c1-3-4-8-13(11-14)15(2)12-9-6-5-7-10-12/h1,12-13H,4-10H2,2H3. The minimum Gasteiger partial charge on any atom is -0.288 e. The zero-order chi connectivity index (χ0) is 11.1. The molecule has 0 bridgehead atoms. The van der Waals surface area contributed by atoms with Crippen LogP contribution in [0.2, 0.25) is 0 Å². The monoisotopic (exact) mass is 204 g/mol. The predicted molar refractivity (Wildman–Crippen MR) is 62.1 cm³/mol. The highest BCUT2D eigenvalue weighted by atomic mass is 15.2. The lowest BCUT2D eigenvalue weighted by atomic mass is 9.93. The van der Waals surface area contributed by atoms with E-state index < -0.39 is 0 Å². The third-order valence-electron chi connectivity index (χ3n) is 3.35. The van der Waals surface area contributed by atoms with E-state index in [0.29, 0.717) is 12.5 Å². The summed E-state index contributed by atoms with van der Waals surface area (Å²) in [6, 6.07) is 2.97. The second kappa shape index (κ2) is 6.49. The number of hydrogen-bond acceptors (Lipinski definition) is 2. The zero-order valence-corrected chi connectivity index (χ0v) is 9.58. The molecule has 0 aromatic carbocycles. The average molecular weight is 204 g/mol. The van der Waals surface area contributed by atoms with Crippen molar-refractivity contribution in [3.63, 3.8) is 0 Å². The van der Waals surface area contributed by atoms with Crippen LogP contribution in [0.3, 0.4) is 0 Å². The molecular weight excluding hydrogens is 184 g/mol. The number of rotatable bonds is 4. The maximum atomic E-state index is 9.09. The molecule has 0 aromatic heterocycles. The van der Waals surface area contributed by atoms with Gasteiger partial charge in [-0.1, -0.05) is 19.3 Å². The van der Waals surface area contributed by atoms with Crippen molar-refractivity contribution in [2.75, 3.05) is 7.05 Å². The summed E-state index contributed by atoms with van der Waals surface area (Å²) in [6.45, 7) is 0. The highest BCUT2D eigenvalue weighted by Gasteiger charge is 2.23. The lowest BCUT2D eigenvalue weighted by Gasteiger charge is -2.33. The van der Waals surface area contributed by atoms with E-state index in [-0.39, 0.29) is 6.04 Å². The van der Waals surface area contributed by atoms with Gasteiger partial charge in [0.05, 0.1) is 12.1 Å². The largest absolute Gasteiger partial charge is 0.288 e. The van der Waals surface area contributed by atoms with Gasteiger partial charge < -0.3 is 0 Å². The average Bonchev–Trinajstić information content (AvgIpc) is 2.31. The quantitative estimate of drug-likeness (QED) is 0.658. The minimum atomic E-state index is 0.00384. The minimum absolute atomic E-state index is 0.00384. The number of terminal acetylenes is 1. The highest BCUT2D eigenvalue weighted by Crippen LogP contribution is 2.23. The van der Waals surface area contributed by atoms with Crippen molar-refractivity contribution < 1.29 is 0 Å². The molecule has 0 N–H and O–H groups in total. The third kappa shape index (κ3) is 3.57. The van der Waals surface area contributed by atoms with Crippen LogP contribution in [0.5, 0.6) is 0 Å². The normalized spacial score (nSPS) is 19.5. The van der Waals surface area contributed by atoms with Crippen molar-refractivity contribution >= 4 is 0 Å². The van der Waals surface area contributed by atoms with Crippen molar-refractivity contribution in [1.29, 1.82) is 5.26 Å². The van der Waals surface area contributed by atoms with E-state index in [1.54, 1.807) is 0 Å². The van der Waals surface area contributed by atoms with Gasteiger partial charge in [0.1, 0.15) is 0 Å². The predicted octanol–water partition coefficient (Wildman–Crippen LogP) is 2.56. The molecule has 0 heterocycles. The van der Waals surface area contributed by atoms with E-state index in [0.717, 1.165) is 6.42 Å². The Bertz CT molecular complexity index is 253. The Kier molecular flexibility index (Phi) is 5.22. The molecule has 1 atom stereocenters. The van der Waals surface area contributed by atoms with Gasteiger partial charge in [-0.25, -0.2) is 0 Å². The third-order valence-corrected chi connectivity index (χ3v) is 3.35. The van der Waals surface area contributed by atoms with Crippen molar-refractivity contribution in [3.8, 4) is 18.4 Å². The molecule has 15 heavy (non-hydrogen) atoms. The fraction of sp³-hybridized carbons (Fsp3) is 0.769. The first kappa shape index (κ1) is 12.1. The van der Waals surface area contributed by atoms with E-state index in [9.17, 15) is 0 Å². The first-order chi connectivity index (χ1) is 7.29. The summed E-state index contributed by atoms with van der Waals surface area (Å²) in [7, 11) is 2.07. The van der Waals surface area contributed by atoms with E-state index in [4.69, 9.17) is 11.7 Å². The van der Waals surface area contributed by atoms with Gasteiger partial charge in [-0.2, -0.15) is 5.26 Å². The molecule has 1 rings (SSSR count). The van der Waals surface area contributed by atoms with Crippen molar-refractivity contribution in [3.05, 3.63) is 0 Å². The topological polar surface area (TPSA) is 27.0 Å². The molecule has 0 radical (unpaired) electrons. The van der Waals surface area contributed by atoms with E-state index in [2.05, 4.69) is 23.9 Å². The van der Waals surface area contributed by atoms with Gasteiger partial charge in [0, 0.05) is 12.5 Å². The molecule has 1 fully saturated rings. The number of nitrogens with zero attached hydrogens (tertiary/aromatic N) is 2. The summed E-state index contributed by atoms with van der Waals surface area (Å²) in [5.74, 6) is 2.61. The Morgan fingerprint density at radius 2 is 2.07 bits per heavy atom. The fourth-order valence-electron chi connectivity index (χ4n) is 2.32. The molecule has 0 aliphatic heterocycles. The second-order valence-corrected chi connectivity index (χ2v) is 4.34. The Labute approximate surface area is 93.3 Å². The summed E-state index contributed by atoms with van der Waals surface area (Å²) in [4.78, 5) is 2.23. The molecule has 0 spiro atoms. The molecule has 0 aromatic rings. The van der Waals surface area contributed by atoms with Crippen LogP contribution in [0.25, 0.3) is 0 Å². The molecule has 82 valence electrons. The molecule has 1 aliphatic carbocycles. The van der Waals surface area contributed by atoms with Gasteiger partial charge in [-0.15, -0.1) is 12.3 Å². The van der Waals surface area contributed by atoms with Crippen molar-refractivity contribution in [2.24, 2.45) is 0 Å².